The lowest BCUT2D eigenvalue weighted by molar-refractivity contribution is 0.342. The normalized spacial score (nSPS) is 11.3. The van der Waals surface area contributed by atoms with E-state index < -0.39 is 10.0 Å². The number of benzene rings is 1. The molecular formula is C13H22N2O3S. The van der Waals surface area contributed by atoms with Crippen molar-refractivity contribution in [1.82, 2.24) is 5.32 Å². The van der Waals surface area contributed by atoms with Crippen molar-refractivity contribution in [3.05, 3.63) is 24.3 Å². The molecule has 1 rings (SSSR count). The lowest BCUT2D eigenvalue weighted by Gasteiger charge is -2.12. The number of sulfonamides is 1. The highest BCUT2D eigenvalue weighted by molar-refractivity contribution is 7.92. The number of unbranched alkanes of at least 4 members (excludes halogenated alkanes) is 1. The highest BCUT2D eigenvalue weighted by atomic mass is 32.2. The van der Waals surface area contributed by atoms with Gasteiger partial charge in [0.05, 0.1) is 18.0 Å². The molecule has 2 N–H and O–H groups in total. The molecule has 0 aromatic heterocycles. The van der Waals surface area contributed by atoms with Crippen LogP contribution in [0.15, 0.2) is 24.3 Å². The molecule has 1 aromatic rings. The summed E-state index contributed by atoms with van der Waals surface area (Å²) in [7, 11) is -1.46. The predicted octanol–water partition coefficient (Wildman–Crippen LogP) is 1.83. The van der Waals surface area contributed by atoms with Crippen LogP contribution in [0.3, 0.4) is 0 Å². The summed E-state index contributed by atoms with van der Waals surface area (Å²) < 4.78 is 31.8. The summed E-state index contributed by atoms with van der Waals surface area (Å²) in [6.45, 7) is 3.19. The lowest BCUT2D eigenvalue weighted by atomic mass is 10.3. The monoisotopic (exact) mass is 286 g/mol. The van der Waals surface area contributed by atoms with Crippen LogP contribution < -0.4 is 14.8 Å². The van der Waals surface area contributed by atoms with E-state index in [-0.39, 0.29) is 5.75 Å². The van der Waals surface area contributed by atoms with E-state index >= 15 is 0 Å². The Morgan fingerprint density at radius 3 is 2.63 bits per heavy atom. The highest BCUT2D eigenvalue weighted by Crippen LogP contribution is 2.24. The largest absolute Gasteiger partial charge is 0.492 e. The predicted molar refractivity (Wildman–Crippen MR) is 78.2 cm³/mol. The maximum absolute atomic E-state index is 11.9. The number of anilines is 1. The number of rotatable bonds is 9. The zero-order valence-electron chi connectivity index (χ0n) is 11.5. The molecule has 0 aliphatic heterocycles. The van der Waals surface area contributed by atoms with Gasteiger partial charge in [0, 0.05) is 0 Å². The maximum Gasteiger partial charge on any atom is 0.232 e. The standard InChI is InChI=1S/C13H22N2O3S/c1-3-18-13-9-5-4-8-12(13)15-19(16,17)11-7-6-10-14-2/h4-5,8-9,14-15H,3,6-7,10-11H2,1-2H3. The second kappa shape index (κ2) is 8.01. The summed E-state index contributed by atoms with van der Waals surface area (Å²) in [4.78, 5) is 0. The second-order valence-corrected chi connectivity index (χ2v) is 6.00. The molecular weight excluding hydrogens is 264 g/mol. The van der Waals surface area contributed by atoms with Crippen LogP contribution in [0.4, 0.5) is 5.69 Å². The average Bonchev–Trinajstić information content (AvgIpc) is 2.37. The molecule has 6 heteroatoms. The SMILES string of the molecule is CCOc1ccccc1NS(=O)(=O)CCCCNC. The second-order valence-electron chi connectivity index (χ2n) is 4.16. The van der Waals surface area contributed by atoms with E-state index in [1.54, 1.807) is 18.2 Å². The minimum Gasteiger partial charge on any atom is -0.492 e. The molecule has 0 unspecified atom stereocenters. The van der Waals surface area contributed by atoms with E-state index in [1.807, 2.05) is 20.0 Å². The van der Waals surface area contributed by atoms with Gasteiger partial charge in [0.1, 0.15) is 5.75 Å². The molecule has 0 atom stereocenters. The van der Waals surface area contributed by atoms with Crippen molar-refractivity contribution in [1.29, 1.82) is 0 Å². The number of hydrogen-bond donors (Lipinski definition) is 2. The number of hydrogen-bond acceptors (Lipinski definition) is 4. The Balaban J connectivity index is 2.62. The first-order chi connectivity index (χ1) is 9.09. The summed E-state index contributed by atoms with van der Waals surface area (Å²) in [5.41, 5.74) is 0.498. The number of nitrogens with one attached hydrogen (secondary N) is 2. The maximum atomic E-state index is 11.9. The third kappa shape index (κ3) is 5.94. The zero-order valence-corrected chi connectivity index (χ0v) is 12.3. The molecule has 5 nitrogen and oxygen atoms in total. The van der Waals surface area contributed by atoms with Gasteiger partial charge in [-0.1, -0.05) is 12.1 Å². The van der Waals surface area contributed by atoms with Crippen LogP contribution in [-0.2, 0) is 10.0 Å². The topological polar surface area (TPSA) is 67.4 Å². The molecule has 0 bridgehead atoms. The van der Waals surface area contributed by atoms with Crippen LogP contribution in [0.2, 0.25) is 0 Å². The summed E-state index contributed by atoms with van der Waals surface area (Å²) in [6.07, 6.45) is 1.47. The first-order valence-electron chi connectivity index (χ1n) is 6.46. The Kier molecular flexibility index (Phi) is 6.66. The number of ether oxygens (including phenoxy) is 1. The molecule has 108 valence electrons. The summed E-state index contributed by atoms with van der Waals surface area (Å²) in [6, 6.07) is 7.05. The Labute approximate surface area is 115 Å². The highest BCUT2D eigenvalue weighted by Gasteiger charge is 2.12. The van der Waals surface area contributed by atoms with Crippen molar-refractivity contribution in [2.75, 3.05) is 30.7 Å². The Bertz CT molecular complexity index is 475. The van der Waals surface area contributed by atoms with Crippen molar-refractivity contribution in [3.63, 3.8) is 0 Å². The average molecular weight is 286 g/mol. The summed E-state index contributed by atoms with van der Waals surface area (Å²) in [5, 5.41) is 2.99. The van der Waals surface area contributed by atoms with E-state index in [0.717, 1.165) is 13.0 Å². The van der Waals surface area contributed by atoms with Gasteiger partial charge in [-0.2, -0.15) is 0 Å². The molecule has 0 saturated carbocycles. The van der Waals surface area contributed by atoms with Crippen LogP contribution in [-0.4, -0.2) is 34.4 Å². The molecule has 1 aromatic carbocycles. The fraction of sp³-hybridized carbons (Fsp3) is 0.538. The van der Waals surface area contributed by atoms with Gasteiger partial charge in [-0.25, -0.2) is 8.42 Å². The zero-order chi connectivity index (χ0) is 14.1. The van der Waals surface area contributed by atoms with Gasteiger partial charge in [0.15, 0.2) is 0 Å². The Hall–Kier alpha value is -1.27. The van der Waals surface area contributed by atoms with Crippen LogP contribution in [0.1, 0.15) is 19.8 Å². The van der Waals surface area contributed by atoms with E-state index in [0.29, 0.717) is 24.5 Å². The molecule has 19 heavy (non-hydrogen) atoms. The van der Waals surface area contributed by atoms with Gasteiger partial charge in [0.2, 0.25) is 10.0 Å². The Morgan fingerprint density at radius 2 is 1.95 bits per heavy atom. The summed E-state index contributed by atoms with van der Waals surface area (Å²) >= 11 is 0. The van der Waals surface area contributed by atoms with Crippen molar-refractivity contribution >= 4 is 15.7 Å². The molecule has 0 spiro atoms. The lowest BCUT2D eigenvalue weighted by Crippen LogP contribution is -2.18. The molecule has 0 fully saturated rings. The molecule has 0 radical (unpaired) electrons. The van der Waals surface area contributed by atoms with Crippen LogP contribution >= 0.6 is 0 Å². The van der Waals surface area contributed by atoms with Crippen LogP contribution in [0.5, 0.6) is 5.75 Å². The van der Waals surface area contributed by atoms with E-state index in [9.17, 15) is 8.42 Å². The van der Waals surface area contributed by atoms with Crippen LogP contribution in [0, 0.1) is 0 Å². The van der Waals surface area contributed by atoms with Gasteiger partial charge in [-0.3, -0.25) is 4.72 Å². The van der Waals surface area contributed by atoms with Gasteiger partial charge < -0.3 is 10.1 Å². The fourth-order valence-electron chi connectivity index (χ4n) is 1.64. The van der Waals surface area contributed by atoms with E-state index in [1.165, 1.54) is 0 Å². The quantitative estimate of drug-likeness (QED) is 0.680. The van der Waals surface area contributed by atoms with E-state index in [4.69, 9.17) is 4.74 Å². The Morgan fingerprint density at radius 1 is 1.21 bits per heavy atom. The van der Waals surface area contributed by atoms with Crippen molar-refractivity contribution < 1.29 is 13.2 Å². The van der Waals surface area contributed by atoms with E-state index in [2.05, 4.69) is 10.0 Å². The smallest absolute Gasteiger partial charge is 0.232 e. The van der Waals surface area contributed by atoms with Crippen molar-refractivity contribution in [3.8, 4) is 5.75 Å². The molecule has 0 heterocycles. The van der Waals surface area contributed by atoms with Gasteiger partial charge >= 0.3 is 0 Å². The first kappa shape index (κ1) is 15.8. The minimum atomic E-state index is -3.31. The number of para-hydroxylation sites is 2. The van der Waals surface area contributed by atoms with Gasteiger partial charge in [-0.05, 0) is 45.5 Å². The fourth-order valence-corrected chi connectivity index (χ4v) is 2.83. The minimum absolute atomic E-state index is 0.120. The molecule has 0 saturated heterocycles. The third-order valence-corrected chi connectivity index (χ3v) is 3.90. The van der Waals surface area contributed by atoms with Gasteiger partial charge in [-0.15, -0.1) is 0 Å². The summed E-state index contributed by atoms with van der Waals surface area (Å²) in [5.74, 6) is 0.679. The first-order valence-corrected chi connectivity index (χ1v) is 8.11. The van der Waals surface area contributed by atoms with Crippen LogP contribution in [0.25, 0.3) is 0 Å². The molecule has 0 aliphatic rings. The molecule has 0 amide bonds. The third-order valence-electron chi connectivity index (χ3n) is 2.54. The van der Waals surface area contributed by atoms with Gasteiger partial charge in [0.25, 0.3) is 0 Å². The van der Waals surface area contributed by atoms with Crippen molar-refractivity contribution in [2.45, 2.75) is 19.8 Å². The van der Waals surface area contributed by atoms with Crippen molar-refractivity contribution in [2.24, 2.45) is 0 Å². The molecule has 0 aliphatic carbocycles.